The number of aliphatic imine (C=N–C) groups is 2. The van der Waals surface area contributed by atoms with Gasteiger partial charge in [-0.1, -0.05) is 11.3 Å². The zero-order chi connectivity index (χ0) is 22.3. The molecule has 31 heavy (non-hydrogen) atoms. The highest BCUT2D eigenvalue weighted by atomic mass is 32.2. The molecule has 1 fully saturated rings. The van der Waals surface area contributed by atoms with E-state index in [-0.39, 0.29) is 11.2 Å². The van der Waals surface area contributed by atoms with Crippen LogP contribution in [0.2, 0.25) is 0 Å². The molecule has 3 heterocycles. The number of hydrogen-bond acceptors (Lipinski definition) is 6. The summed E-state index contributed by atoms with van der Waals surface area (Å²) in [5.41, 5.74) is 16.1. The summed E-state index contributed by atoms with van der Waals surface area (Å²) in [4.78, 5) is 17.7. The van der Waals surface area contributed by atoms with Crippen molar-refractivity contribution < 1.29 is 4.55 Å². The molecule has 0 aliphatic heterocycles. The van der Waals surface area contributed by atoms with E-state index in [1.165, 1.54) is 11.3 Å². The van der Waals surface area contributed by atoms with Crippen molar-refractivity contribution in [2.45, 2.75) is 42.6 Å². The molecular weight excluding hydrogens is 430 g/mol. The lowest BCUT2D eigenvalue weighted by atomic mass is 10.0. The third-order valence-electron chi connectivity index (χ3n) is 5.66. The average Bonchev–Trinajstić information content (AvgIpc) is 3.23. The van der Waals surface area contributed by atoms with Crippen molar-refractivity contribution in [3.05, 3.63) is 30.0 Å². The van der Waals surface area contributed by atoms with E-state index in [1.807, 2.05) is 37.7 Å². The summed E-state index contributed by atoms with van der Waals surface area (Å²) in [7, 11) is 1.96. The molecule has 0 aromatic carbocycles. The standard InChI is InChI=1S/C21H25N7OS2/c1-11(9-26-21(23)24-3)15-8-14(16-10-25-12(2)28(16)4)17-18(22)20(30-19(17)27-15)31(29)13-6-5-7-13/h8-10,13H,3,5-7,22H2,1-2,4H3,(H2,23,26)/b11-9+. The molecule has 0 amide bonds. The lowest BCUT2D eigenvalue weighted by Crippen LogP contribution is -2.28. The van der Waals surface area contributed by atoms with E-state index in [0.29, 0.717) is 9.90 Å². The zero-order valence-electron chi connectivity index (χ0n) is 17.8. The number of anilines is 1. The Morgan fingerprint density at radius 2 is 2.19 bits per heavy atom. The SMILES string of the molecule is C=N/C(N)=N\C=C(/C)c1cc(-c2cnc(C)n2C)c2c(N)c([S+]([O-])C3CCC3)sc2n1. The molecule has 4 N–H and O–H groups in total. The van der Waals surface area contributed by atoms with Gasteiger partial charge in [0.2, 0.25) is 10.2 Å². The van der Waals surface area contributed by atoms with Crippen LogP contribution in [0.1, 0.15) is 37.7 Å². The number of rotatable bonds is 5. The number of allylic oxidation sites excluding steroid dienone is 1. The van der Waals surface area contributed by atoms with Crippen molar-refractivity contribution in [2.75, 3.05) is 5.73 Å². The van der Waals surface area contributed by atoms with E-state index in [0.717, 1.165) is 57.8 Å². The van der Waals surface area contributed by atoms with Crippen LogP contribution in [0.4, 0.5) is 5.69 Å². The van der Waals surface area contributed by atoms with Gasteiger partial charge in [-0.2, -0.15) is 0 Å². The molecule has 0 spiro atoms. The summed E-state index contributed by atoms with van der Waals surface area (Å²) in [5.74, 6) is 0.969. The Hall–Kier alpha value is -2.69. The van der Waals surface area contributed by atoms with Crippen LogP contribution in [0.25, 0.3) is 27.0 Å². The summed E-state index contributed by atoms with van der Waals surface area (Å²) in [6.45, 7) is 7.22. The number of nitrogen functional groups attached to an aromatic ring is 1. The molecule has 3 aromatic rings. The van der Waals surface area contributed by atoms with Gasteiger partial charge < -0.3 is 20.6 Å². The largest absolute Gasteiger partial charge is 0.611 e. The van der Waals surface area contributed by atoms with Crippen molar-refractivity contribution in [3.63, 3.8) is 0 Å². The Labute approximate surface area is 188 Å². The highest BCUT2D eigenvalue weighted by Gasteiger charge is 2.35. The third-order valence-corrected chi connectivity index (χ3v) is 8.95. The number of guanidine groups is 1. The average molecular weight is 456 g/mol. The van der Waals surface area contributed by atoms with Crippen molar-refractivity contribution in [3.8, 4) is 11.3 Å². The molecule has 3 aromatic heterocycles. The number of nitrogens with zero attached hydrogens (tertiary/aromatic N) is 5. The van der Waals surface area contributed by atoms with Crippen LogP contribution < -0.4 is 11.5 Å². The van der Waals surface area contributed by atoms with Crippen LogP contribution in [0, 0.1) is 6.92 Å². The second kappa shape index (κ2) is 8.45. The number of imidazole rings is 1. The van der Waals surface area contributed by atoms with Crippen molar-refractivity contribution in [1.29, 1.82) is 0 Å². The van der Waals surface area contributed by atoms with Gasteiger partial charge in [0, 0.05) is 35.4 Å². The van der Waals surface area contributed by atoms with Crippen LogP contribution >= 0.6 is 11.3 Å². The Bertz CT molecular complexity index is 1220. The first-order chi connectivity index (χ1) is 14.8. The molecular formula is C21H25N7OS2. The normalized spacial score (nSPS) is 16.5. The molecule has 162 valence electrons. The van der Waals surface area contributed by atoms with Crippen molar-refractivity contribution >= 4 is 56.7 Å². The van der Waals surface area contributed by atoms with Crippen molar-refractivity contribution in [2.24, 2.45) is 22.8 Å². The first-order valence-electron chi connectivity index (χ1n) is 9.91. The van der Waals surface area contributed by atoms with E-state index < -0.39 is 11.2 Å². The van der Waals surface area contributed by atoms with Gasteiger partial charge in [0.25, 0.3) is 0 Å². The minimum absolute atomic E-state index is 0.0847. The fourth-order valence-corrected chi connectivity index (χ4v) is 6.62. The van der Waals surface area contributed by atoms with E-state index in [1.54, 1.807) is 6.20 Å². The van der Waals surface area contributed by atoms with Crippen LogP contribution in [-0.4, -0.2) is 37.0 Å². The maximum Gasteiger partial charge on any atom is 0.232 e. The Morgan fingerprint density at radius 3 is 2.77 bits per heavy atom. The molecule has 8 nitrogen and oxygen atoms in total. The lowest BCUT2D eigenvalue weighted by molar-refractivity contribution is 0.478. The number of pyridine rings is 1. The molecule has 1 atom stereocenters. The second-order valence-corrected chi connectivity index (χ2v) is 10.5. The van der Waals surface area contributed by atoms with Gasteiger partial charge in [-0.05, 0) is 51.5 Å². The Kier molecular flexibility index (Phi) is 5.87. The van der Waals surface area contributed by atoms with Gasteiger partial charge in [0.15, 0.2) is 0 Å². The predicted octanol–water partition coefficient (Wildman–Crippen LogP) is 3.62. The summed E-state index contributed by atoms with van der Waals surface area (Å²) in [6, 6.07) is 1.97. The fraction of sp³-hybridized carbons (Fsp3) is 0.333. The van der Waals surface area contributed by atoms with Gasteiger partial charge >= 0.3 is 0 Å². The monoisotopic (exact) mass is 455 g/mol. The van der Waals surface area contributed by atoms with E-state index in [2.05, 4.69) is 21.7 Å². The molecule has 0 radical (unpaired) electrons. The van der Waals surface area contributed by atoms with E-state index >= 15 is 0 Å². The molecule has 10 heteroatoms. The number of thiophene rings is 1. The molecule has 1 aliphatic rings. The maximum absolute atomic E-state index is 13.1. The Balaban J connectivity index is 1.93. The predicted molar refractivity (Wildman–Crippen MR) is 130 cm³/mol. The van der Waals surface area contributed by atoms with Gasteiger partial charge in [-0.3, -0.25) is 0 Å². The molecule has 4 rings (SSSR count). The topological polar surface area (TPSA) is 131 Å². The fourth-order valence-electron chi connectivity index (χ4n) is 3.41. The Morgan fingerprint density at radius 1 is 1.45 bits per heavy atom. The number of aryl methyl sites for hydroxylation is 1. The van der Waals surface area contributed by atoms with E-state index in [9.17, 15) is 4.55 Å². The van der Waals surface area contributed by atoms with Gasteiger partial charge in [-0.15, -0.1) is 0 Å². The minimum Gasteiger partial charge on any atom is -0.611 e. The second-order valence-electron chi connectivity index (χ2n) is 7.60. The highest BCUT2D eigenvalue weighted by Crippen LogP contribution is 2.45. The molecule has 1 unspecified atom stereocenters. The van der Waals surface area contributed by atoms with Gasteiger partial charge in [0.1, 0.15) is 21.6 Å². The van der Waals surface area contributed by atoms with Gasteiger partial charge in [0.05, 0.1) is 17.6 Å². The number of nitrogens with two attached hydrogens (primary N) is 2. The molecule has 1 aliphatic carbocycles. The number of fused-ring (bicyclic) bond motifs is 1. The van der Waals surface area contributed by atoms with Crippen LogP contribution in [-0.2, 0) is 18.2 Å². The summed E-state index contributed by atoms with van der Waals surface area (Å²) < 4.78 is 15.8. The number of aromatic nitrogens is 3. The smallest absolute Gasteiger partial charge is 0.232 e. The van der Waals surface area contributed by atoms with Crippen LogP contribution in [0.15, 0.2) is 32.7 Å². The molecule has 1 saturated carbocycles. The summed E-state index contributed by atoms with van der Waals surface area (Å²) >= 11 is 0.290. The minimum atomic E-state index is -1.12. The lowest BCUT2D eigenvalue weighted by Gasteiger charge is -2.27. The van der Waals surface area contributed by atoms with Crippen LogP contribution in [0.5, 0.6) is 0 Å². The van der Waals surface area contributed by atoms with E-state index in [4.69, 9.17) is 16.5 Å². The van der Waals surface area contributed by atoms with Crippen LogP contribution in [0.3, 0.4) is 0 Å². The summed E-state index contributed by atoms with van der Waals surface area (Å²) in [6.07, 6.45) is 6.51. The molecule has 0 bridgehead atoms. The first kappa shape index (κ1) is 21.5. The number of hydrogen-bond donors (Lipinski definition) is 2. The zero-order valence-corrected chi connectivity index (χ0v) is 19.4. The maximum atomic E-state index is 13.1. The molecule has 0 saturated heterocycles. The summed E-state index contributed by atoms with van der Waals surface area (Å²) in [5, 5.41) is 1.01. The van der Waals surface area contributed by atoms with Gasteiger partial charge in [-0.25, -0.2) is 20.0 Å². The highest BCUT2D eigenvalue weighted by molar-refractivity contribution is 7.94. The van der Waals surface area contributed by atoms with Crippen molar-refractivity contribution in [1.82, 2.24) is 14.5 Å². The first-order valence-corrected chi connectivity index (χ1v) is 11.9. The quantitative estimate of drug-likeness (QED) is 0.345. The third kappa shape index (κ3) is 3.86.